The van der Waals surface area contributed by atoms with Gasteiger partial charge in [-0.05, 0) is 29.7 Å². The third-order valence-corrected chi connectivity index (χ3v) is 4.96. The molecule has 9 heteroatoms. The van der Waals surface area contributed by atoms with Gasteiger partial charge < -0.3 is 23.8 Å². The number of esters is 2. The Morgan fingerprint density at radius 2 is 1.50 bits per heavy atom. The SMILES string of the molecule is [C-]#[N+]c1ccc(C(=O)N2CCc3cc(OCC(=O)OC)c(OCC(=O)OC)cc3C2)cc1. The Morgan fingerprint density at radius 3 is 2.03 bits per heavy atom. The minimum Gasteiger partial charge on any atom is -0.478 e. The lowest BCUT2D eigenvalue weighted by molar-refractivity contribution is -0.144. The van der Waals surface area contributed by atoms with Crippen LogP contribution in [0.5, 0.6) is 11.5 Å². The first-order valence-corrected chi connectivity index (χ1v) is 9.77. The highest BCUT2D eigenvalue weighted by molar-refractivity contribution is 5.94. The molecule has 0 saturated heterocycles. The molecule has 3 rings (SSSR count). The summed E-state index contributed by atoms with van der Waals surface area (Å²) in [5.74, 6) is -0.708. The molecule has 9 nitrogen and oxygen atoms in total. The molecule has 0 aromatic heterocycles. The first-order valence-electron chi connectivity index (χ1n) is 9.77. The molecule has 0 N–H and O–H groups in total. The number of rotatable bonds is 7. The molecule has 32 heavy (non-hydrogen) atoms. The van der Waals surface area contributed by atoms with E-state index in [2.05, 4.69) is 14.3 Å². The van der Waals surface area contributed by atoms with E-state index in [0.29, 0.717) is 36.5 Å². The lowest BCUT2D eigenvalue weighted by atomic mass is 9.98. The minimum atomic E-state index is -0.568. The van der Waals surface area contributed by atoms with Crippen molar-refractivity contribution in [2.24, 2.45) is 0 Å². The number of hydrogen-bond donors (Lipinski definition) is 0. The van der Waals surface area contributed by atoms with E-state index in [0.717, 1.165) is 11.1 Å². The molecule has 0 aliphatic carbocycles. The normalized spacial score (nSPS) is 12.2. The summed E-state index contributed by atoms with van der Waals surface area (Å²) in [6.07, 6.45) is 0.576. The van der Waals surface area contributed by atoms with Gasteiger partial charge in [-0.1, -0.05) is 24.3 Å². The van der Waals surface area contributed by atoms with Gasteiger partial charge >= 0.3 is 11.9 Å². The van der Waals surface area contributed by atoms with Crippen molar-refractivity contribution in [1.29, 1.82) is 0 Å². The van der Waals surface area contributed by atoms with Crippen LogP contribution in [0, 0.1) is 6.57 Å². The number of fused-ring (bicyclic) bond motifs is 1. The number of nitrogens with zero attached hydrogens (tertiary/aromatic N) is 2. The average molecular weight is 438 g/mol. The van der Waals surface area contributed by atoms with E-state index in [1.165, 1.54) is 14.2 Å². The second kappa shape index (κ2) is 10.3. The van der Waals surface area contributed by atoms with Crippen molar-refractivity contribution in [2.75, 3.05) is 34.0 Å². The number of benzene rings is 2. The lowest BCUT2D eigenvalue weighted by Gasteiger charge is -2.30. The summed E-state index contributed by atoms with van der Waals surface area (Å²) in [5.41, 5.74) is 2.76. The number of methoxy groups -OCH3 is 2. The van der Waals surface area contributed by atoms with Crippen molar-refractivity contribution in [3.63, 3.8) is 0 Å². The molecule has 0 unspecified atom stereocenters. The molecule has 0 radical (unpaired) electrons. The van der Waals surface area contributed by atoms with Gasteiger partial charge in [-0.3, -0.25) is 4.79 Å². The summed E-state index contributed by atoms with van der Waals surface area (Å²) >= 11 is 0. The lowest BCUT2D eigenvalue weighted by Crippen LogP contribution is -2.36. The zero-order chi connectivity index (χ0) is 23.1. The van der Waals surface area contributed by atoms with Crippen LogP contribution >= 0.6 is 0 Å². The van der Waals surface area contributed by atoms with Crippen LogP contribution in [-0.4, -0.2) is 56.7 Å². The zero-order valence-corrected chi connectivity index (χ0v) is 17.8. The molecular weight excluding hydrogens is 416 g/mol. The van der Waals surface area contributed by atoms with Crippen LogP contribution < -0.4 is 9.47 Å². The molecule has 1 aliphatic heterocycles. The molecule has 166 valence electrons. The zero-order valence-electron chi connectivity index (χ0n) is 17.8. The summed E-state index contributed by atoms with van der Waals surface area (Å²) in [4.78, 5) is 40.9. The molecular formula is C23H22N2O7. The second-order valence-corrected chi connectivity index (χ2v) is 6.93. The van der Waals surface area contributed by atoms with Gasteiger partial charge in [0.25, 0.3) is 5.91 Å². The van der Waals surface area contributed by atoms with Crippen molar-refractivity contribution in [3.8, 4) is 11.5 Å². The van der Waals surface area contributed by atoms with Crippen LogP contribution in [0.2, 0.25) is 0 Å². The molecule has 1 aliphatic rings. The van der Waals surface area contributed by atoms with E-state index in [4.69, 9.17) is 16.0 Å². The van der Waals surface area contributed by atoms with E-state index in [9.17, 15) is 14.4 Å². The van der Waals surface area contributed by atoms with E-state index in [1.54, 1.807) is 41.3 Å². The molecule has 2 aromatic carbocycles. The van der Waals surface area contributed by atoms with Crippen molar-refractivity contribution in [1.82, 2.24) is 4.90 Å². The summed E-state index contributed by atoms with van der Waals surface area (Å²) in [7, 11) is 2.51. The number of carbonyl (C=O) groups is 3. The third kappa shape index (κ3) is 5.35. The maximum atomic E-state index is 12.9. The van der Waals surface area contributed by atoms with Gasteiger partial charge in [0.1, 0.15) is 0 Å². The van der Waals surface area contributed by atoms with Crippen molar-refractivity contribution in [3.05, 3.63) is 64.5 Å². The van der Waals surface area contributed by atoms with E-state index >= 15 is 0 Å². The Labute approximate surface area is 185 Å². The van der Waals surface area contributed by atoms with E-state index in [-0.39, 0.29) is 24.9 Å². The van der Waals surface area contributed by atoms with Crippen molar-refractivity contribution in [2.45, 2.75) is 13.0 Å². The summed E-state index contributed by atoms with van der Waals surface area (Å²) in [5, 5.41) is 0. The molecule has 0 saturated carbocycles. The van der Waals surface area contributed by atoms with E-state index in [1.807, 2.05) is 0 Å². The first-order chi connectivity index (χ1) is 15.4. The highest BCUT2D eigenvalue weighted by Crippen LogP contribution is 2.34. The van der Waals surface area contributed by atoms with Crippen molar-refractivity contribution < 1.29 is 33.3 Å². The van der Waals surface area contributed by atoms with Gasteiger partial charge in [0, 0.05) is 18.7 Å². The standard InChI is InChI=1S/C23H22N2O7/c1-24-18-6-4-15(5-7-18)23(28)25-9-8-16-10-19(31-13-21(26)29-2)20(11-17(16)12-25)32-14-22(27)30-3/h4-7,10-11H,8-9,12-14H2,2-3H3. The van der Waals surface area contributed by atoms with E-state index < -0.39 is 11.9 Å². The van der Waals surface area contributed by atoms with Gasteiger partial charge in [0.05, 0.1) is 20.8 Å². The summed E-state index contributed by atoms with van der Waals surface area (Å²) < 4.78 is 20.3. The van der Waals surface area contributed by atoms with Crippen LogP contribution in [-0.2, 0) is 32.0 Å². The first kappa shape index (κ1) is 22.6. The molecule has 0 spiro atoms. The Morgan fingerprint density at radius 1 is 0.938 bits per heavy atom. The molecule has 1 heterocycles. The quantitative estimate of drug-likeness (QED) is 0.484. The predicted octanol–water partition coefficient (Wildman–Crippen LogP) is 2.54. The summed E-state index contributed by atoms with van der Waals surface area (Å²) in [6, 6.07) is 9.95. The Bertz CT molecular complexity index is 1060. The molecule has 1 amide bonds. The highest BCUT2D eigenvalue weighted by Gasteiger charge is 2.24. The fourth-order valence-corrected chi connectivity index (χ4v) is 3.22. The maximum absolute atomic E-state index is 12.9. The van der Waals surface area contributed by atoms with Gasteiger partial charge in [0.2, 0.25) is 0 Å². The van der Waals surface area contributed by atoms with Crippen LogP contribution in [0.15, 0.2) is 36.4 Å². The molecule has 2 aromatic rings. The Hall–Kier alpha value is -4.06. The highest BCUT2D eigenvalue weighted by atomic mass is 16.6. The average Bonchev–Trinajstić information content (AvgIpc) is 2.84. The topological polar surface area (TPSA) is 95.7 Å². The van der Waals surface area contributed by atoms with Crippen LogP contribution in [0.25, 0.3) is 4.85 Å². The Kier molecular flexibility index (Phi) is 7.29. The fraction of sp³-hybridized carbons (Fsp3) is 0.304. The predicted molar refractivity (Wildman–Crippen MR) is 113 cm³/mol. The van der Waals surface area contributed by atoms with Gasteiger partial charge in [-0.2, -0.15) is 0 Å². The Balaban J connectivity index is 1.82. The van der Waals surface area contributed by atoms with Crippen LogP contribution in [0.3, 0.4) is 0 Å². The molecule has 0 fully saturated rings. The number of carbonyl (C=O) groups excluding carboxylic acids is 3. The third-order valence-electron chi connectivity index (χ3n) is 4.96. The smallest absolute Gasteiger partial charge is 0.343 e. The van der Waals surface area contributed by atoms with Crippen molar-refractivity contribution >= 4 is 23.5 Å². The monoisotopic (exact) mass is 438 g/mol. The largest absolute Gasteiger partial charge is 0.478 e. The number of hydrogen-bond acceptors (Lipinski definition) is 7. The second-order valence-electron chi connectivity index (χ2n) is 6.93. The molecule has 0 bridgehead atoms. The van der Waals surface area contributed by atoms with Crippen LogP contribution in [0.1, 0.15) is 21.5 Å². The van der Waals surface area contributed by atoms with Gasteiger partial charge in [-0.15, -0.1) is 0 Å². The van der Waals surface area contributed by atoms with Gasteiger partial charge in [0.15, 0.2) is 30.4 Å². The summed E-state index contributed by atoms with van der Waals surface area (Å²) in [6.45, 7) is 7.22. The van der Waals surface area contributed by atoms with Crippen LogP contribution in [0.4, 0.5) is 5.69 Å². The minimum absolute atomic E-state index is 0.143. The number of ether oxygens (including phenoxy) is 4. The maximum Gasteiger partial charge on any atom is 0.343 e. The molecule has 0 atom stereocenters. The van der Waals surface area contributed by atoms with Gasteiger partial charge in [-0.25, -0.2) is 14.4 Å². The fourth-order valence-electron chi connectivity index (χ4n) is 3.22. The number of amides is 1.